The third-order valence-electron chi connectivity index (χ3n) is 3.39. The Labute approximate surface area is 101 Å². The maximum Gasteiger partial charge on any atom is 0.307 e. The average Bonchev–Trinajstić information content (AvgIpc) is 2.67. The van der Waals surface area contributed by atoms with Crippen LogP contribution in [0.4, 0.5) is 0 Å². The first-order valence-corrected chi connectivity index (χ1v) is 6.07. The molecular weight excluding hydrogens is 222 g/mol. The van der Waals surface area contributed by atoms with Crippen LogP contribution in [-0.2, 0) is 9.59 Å². The molecule has 0 spiro atoms. The number of aliphatic hydroxyl groups excluding tert-OH is 1. The van der Waals surface area contributed by atoms with E-state index in [0.29, 0.717) is 19.4 Å². The van der Waals surface area contributed by atoms with E-state index >= 15 is 0 Å². The number of amides is 1. The topological polar surface area (TPSA) is 86.6 Å². The lowest BCUT2D eigenvalue weighted by Gasteiger charge is -2.17. The molecule has 0 aromatic rings. The van der Waals surface area contributed by atoms with Crippen LogP contribution in [0.3, 0.4) is 0 Å². The SMILES string of the molecule is CC(CO)CNC(=O)[C@H]1CC(C)C[C@H]1C(=O)O. The first-order valence-electron chi connectivity index (χ1n) is 6.07. The van der Waals surface area contributed by atoms with Crippen molar-refractivity contribution in [1.82, 2.24) is 5.32 Å². The normalized spacial score (nSPS) is 29.9. The predicted molar refractivity (Wildman–Crippen MR) is 62.3 cm³/mol. The molecule has 0 heterocycles. The van der Waals surface area contributed by atoms with Crippen molar-refractivity contribution >= 4 is 11.9 Å². The summed E-state index contributed by atoms with van der Waals surface area (Å²) in [6.07, 6.45) is 1.21. The highest BCUT2D eigenvalue weighted by atomic mass is 16.4. The minimum atomic E-state index is -0.885. The van der Waals surface area contributed by atoms with Gasteiger partial charge in [-0.1, -0.05) is 13.8 Å². The molecule has 98 valence electrons. The molecule has 1 aliphatic carbocycles. The molecule has 3 N–H and O–H groups in total. The maximum absolute atomic E-state index is 11.9. The fourth-order valence-corrected chi connectivity index (χ4v) is 2.32. The lowest BCUT2D eigenvalue weighted by Crippen LogP contribution is -2.37. The van der Waals surface area contributed by atoms with Crippen LogP contribution in [0.25, 0.3) is 0 Å². The number of carbonyl (C=O) groups is 2. The monoisotopic (exact) mass is 243 g/mol. The molecule has 5 nitrogen and oxygen atoms in total. The van der Waals surface area contributed by atoms with Crippen LogP contribution in [0.2, 0.25) is 0 Å². The first kappa shape index (κ1) is 14.0. The van der Waals surface area contributed by atoms with E-state index in [-0.39, 0.29) is 24.3 Å². The summed E-state index contributed by atoms with van der Waals surface area (Å²) in [6, 6.07) is 0. The number of carbonyl (C=O) groups excluding carboxylic acids is 1. The summed E-state index contributed by atoms with van der Waals surface area (Å²) in [6.45, 7) is 4.21. The molecule has 17 heavy (non-hydrogen) atoms. The fourth-order valence-electron chi connectivity index (χ4n) is 2.32. The van der Waals surface area contributed by atoms with E-state index in [0.717, 1.165) is 0 Å². The van der Waals surface area contributed by atoms with Crippen LogP contribution in [0.1, 0.15) is 26.7 Å². The van der Waals surface area contributed by atoms with E-state index in [1.54, 1.807) is 0 Å². The molecule has 0 saturated heterocycles. The quantitative estimate of drug-likeness (QED) is 0.655. The zero-order valence-corrected chi connectivity index (χ0v) is 10.3. The van der Waals surface area contributed by atoms with Crippen molar-refractivity contribution in [2.24, 2.45) is 23.7 Å². The summed E-state index contributed by atoms with van der Waals surface area (Å²) in [5.74, 6) is -1.78. The summed E-state index contributed by atoms with van der Waals surface area (Å²) in [5, 5.41) is 20.6. The molecule has 4 atom stereocenters. The highest BCUT2D eigenvalue weighted by Crippen LogP contribution is 2.36. The van der Waals surface area contributed by atoms with Gasteiger partial charge in [-0.15, -0.1) is 0 Å². The van der Waals surface area contributed by atoms with Crippen molar-refractivity contribution in [3.63, 3.8) is 0 Å². The van der Waals surface area contributed by atoms with Crippen LogP contribution in [-0.4, -0.2) is 35.2 Å². The summed E-state index contributed by atoms with van der Waals surface area (Å²) in [4.78, 5) is 22.9. The molecule has 1 amide bonds. The lowest BCUT2D eigenvalue weighted by molar-refractivity contribution is -0.146. The van der Waals surface area contributed by atoms with E-state index in [9.17, 15) is 9.59 Å². The third kappa shape index (κ3) is 3.70. The van der Waals surface area contributed by atoms with Gasteiger partial charge in [0, 0.05) is 13.2 Å². The average molecular weight is 243 g/mol. The van der Waals surface area contributed by atoms with Gasteiger partial charge in [-0.05, 0) is 24.7 Å². The van der Waals surface area contributed by atoms with E-state index in [1.165, 1.54) is 0 Å². The molecule has 1 aliphatic rings. The maximum atomic E-state index is 11.9. The largest absolute Gasteiger partial charge is 0.481 e. The molecule has 0 radical (unpaired) electrons. The van der Waals surface area contributed by atoms with Crippen molar-refractivity contribution in [3.05, 3.63) is 0 Å². The van der Waals surface area contributed by atoms with Gasteiger partial charge in [-0.2, -0.15) is 0 Å². The van der Waals surface area contributed by atoms with E-state index in [2.05, 4.69) is 5.32 Å². The molecule has 2 unspecified atom stereocenters. The molecule has 1 rings (SSSR count). The van der Waals surface area contributed by atoms with Crippen LogP contribution < -0.4 is 5.32 Å². The predicted octanol–water partition coefficient (Wildman–Crippen LogP) is 0.478. The second-order valence-corrected chi connectivity index (χ2v) is 5.16. The van der Waals surface area contributed by atoms with Crippen molar-refractivity contribution in [3.8, 4) is 0 Å². The number of carboxylic acid groups (broad SMARTS) is 1. The lowest BCUT2D eigenvalue weighted by atomic mass is 9.95. The molecule has 1 saturated carbocycles. The van der Waals surface area contributed by atoms with Crippen LogP contribution >= 0.6 is 0 Å². The summed E-state index contributed by atoms with van der Waals surface area (Å²) >= 11 is 0. The molecule has 0 aliphatic heterocycles. The van der Waals surface area contributed by atoms with E-state index in [1.807, 2.05) is 13.8 Å². The fraction of sp³-hybridized carbons (Fsp3) is 0.833. The zero-order chi connectivity index (χ0) is 13.0. The number of carboxylic acids is 1. The van der Waals surface area contributed by atoms with Crippen molar-refractivity contribution in [2.45, 2.75) is 26.7 Å². The Morgan fingerprint density at radius 1 is 1.35 bits per heavy atom. The summed E-state index contributed by atoms with van der Waals surface area (Å²) < 4.78 is 0. The van der Waals surface area contributed by atoms with Gasteiger partial charge in [-0.3, -0.25) is 9.59 Å². The van der Waals surface area contributed by atoms with Crippen LogP contribution in [0.5, 0.6) is 0 Å². The van der Waals surface area contributed by atoms with Gasteiger partial charge in [0.15, 0.2) is 0 Å². The summed E-state index contributed by atoms with van der Waals surface area (Å²) in [5.41, 5.74) is 0. The van der Waals surface area contributed by atoms with Gasteiger partial charge in [0.05, 0.1) is 11.8 Å². The van der Waals surface area contributed by atoms with Crippen LogP contribution in [0, 0.1) is 23.7 Å². The van der Waals surface area contributed by atoms with Gasteiger partial charge in [0.1, 0.15) is 0 Å². The molecule has 0 aromatic heterocycles. The standard InChI is InChI=1S/C12H21NO4/c1-7-3-9(10(4-7)12(16)17)11(15)13-5-8(2)6-14/h7-10,14H,3-6H2,1-2H3,(H,13,15)(H,16,17)/t7?,8?,9-,10+/m0/s1. The third-order valence-corrected chi connectivity index (χ3v) is 3.39. The second-order valence-electron chi connectivity index (χ2n) is 5.16. The molecular formula is C12H21NO4. The Kier molecular flexibility index (Phi) is 4.93. The number of rotatable bonds is 5. The summed E-state index contributed by atoms with van der Waals surface area (Å²) in [7, 11) is 0. The Balaban J connectivity index is 2.52. The Hall–Kier alpha value is -1.10. The number of hydrogen-bond donors (Lipinski definition) is 3. The molecule has 5 heteroatoms. The van der Waals surface area contributed by atoms with E-state index < -0.39 is 17.8 Å². The van der Waals surface area contributed by atoms with Gasteiger partial charge >= 0.3 is 5.97 Å². The number of nitrogens with one attached hydrogen (secondary N) is 1. The van der Waals surface area contributed by atoms with Gasteiger partial charge < -0.3 is 15.5 Å². The minimum Gasteiger partial charge on any atom is -0.481 e. The Bertz CT molecular complexity index is 292. The van der Waals surface area contributed by atoms with Crippen molar-refractivity contribution in [2.75, 3.05) is 13.2 Å². The van der Waals surface area contributed by atoms with Gasteiger partial charge in [0.25, 0.3) is 0 Å². The molecule has 0 aromatic carbocycles. The molecule has 1 fully saturated rings. The van der Waals surface area contributed by atoms with E-state index in [4.69, 9.17) is 10.2 Å². The van der Waals surface area contributed by atoms with Gasteiger partial charge in [-0.25, -0.2) is 0 Å². The van der Waals surface area contributed by atoms with Crippen molar-refractivity contribution < 1.29 is 19.8 Å². The number of hydrogen-bond acceptors (Lipinski definition) is 3. The highest BCUT2D eigenvalue weighted by molar-refractivity contribution is 5.85. The highest BCUT2D eigenvalue weighted by Gasteiger charge is 2.41. The van der Waals surface area contributed by atoms with Crippen LogP contribution in [0.15, 0.2) is 0 Å². The Morgan fingerprint density at radius 2 is 1.94 bits per heavy atom. The second kappa shape index (κ2) is 6.00. The number of aliphatic hydroxyl groups is 1. The Morgan fingerprint density at radius 3 is 2.47 bits per heavy atom. The molecule has 0 bridgehead atoms. The minimum absolute atomic E-state index is 0.000976. The first-order chi connectivity index (χ1) is 7.95. The van der Waals surface area contributed by atoms with Crippen molar-refractivity contribution in [1.29, 1.82) is 0 Å². The van der Waals surface area contributed by atoms with Gasteiger partial charge in [0.2, 0.25) is 5.91 Å². The number of aliphatic carboxylic acids is 1. The zero-order valence-electron chi connectivity index (χ0n) is 10.3. The smallest absolute Gasteiger partial charge is 0.307 e.